The Hall–Kier alpha value is -2.18. The maximum atomic E-state index is 11.3. The summed E-state index contributed by atoms with van der Waals surface area (Å²) in [6.07, 6.45) is 1.52. The van der Waals surface area contributed by atoms with Gasteiger partial charge in [-0.15, -0.1) is 16.4 Å². The third-order valence-corrected chi connectivity index (χ3v) is 4.45. The summed E-state index contributed by atoms with van der Waals surface area (Å²) < 4.78 is 6.14. The molecular weight excluding hydrogens is 310 g/mol. The molecule has 2 rings (SSSR count). The summed E-state index contributed by atoms with van der Waals surface area (Å²) in [5.74, 6) is 0.0746. The Morgan fingerprint density at radius 3 is 3.10 bits per heavy atom. The summed E-state index contributed by atoms with van der Waals surface area (Å²) in [6.45, 7) is 0. The van der Waals surface area contributed by atoms with Crippen molar-refractivity contribution in [2.75, 3.05) is 7.11 Å². The normalized spacial score (nSPS) is 11.2. The van der Waals surface area contributed by atoms with E-state index in [0.717, 1.165) is 15.6 Å². The van der Waals surface area contributed by atoms with Crippen LogP contribution in [0.5, 0.6) is 0 Å². The zero-order valence-corrected chi connectivity index (χ0v) is 12.9. The van der Waals surface area contributed by atoms with Gasteiger partial charge in [0.2, 0.25) is 5.16 Å². The van der Waals surface area contributed by atoms with E-state index in [-0.39, 0.29) is 5.57 Å². The topological polar surface area (TPSA) is 93.7 Å². The maximum absolute atomic E-state index is 11.3. The van der Waals surface area contributed by atoms with E-state index in [1.54, 1.807) is 11.7 Å². The fourth-order valence-corrected chi connectivity index (χ4v) is 3.16. The Kier molecular flexibility index (Phi) is 5.08. The quantitative estimate of drug-likeness (QED) is 0.357. The molecule has 0 aliphatic rings. The number of hydrogen-bond acceptors (Lipinski definition) is 8. The zero-order valence-electron chi connectivity index (χ0n) is 11.3. The summed E-state index contributed by atoms with van der Waals surface area (Å²) >= 11 is 2.97. The summed E-state index contributed by atoms with van der Waals surface area (Å²) in [6, 6.07) is 3.75. The van der Waals surface area contributed by atoms with Crippen molar-refractivity contribution in [3.05, 3.63) is 27.5 Å². The second-order valence-electron chi connectivity index (χ2n) is 3.89. The van der Waals surface area contributed by atoms with Gasteiger partial charge in [0.15, 0.2) is 0 Å². The molecule has 0 aromatic carbocycles. The summed E-state index contributed by atoms with van der Waals surface area (Å²) in [5, 5.41) is 22.8. The second-order valence-corrected chi connectivity index (χ2v) is 5.78. The predicted molar refractivity (Wildman–Crippen MR) is 78.3 cm³/mol. The molecule has 7 nitrogen and oxygen atoms in total. The minimum absolute atomic E-state index is 0.0175. The summed E-state index contributed by atoms with van der Waals surface area (Å²) in [7, 11) is 3.03. The lowest BCUT2D eigenvalue weighted by Gasteiger charge is -1.96. The first-order valence-electron chi connectivity index (χ1n) is 5.76. The first kappa shape index (κ1) is 15.2. The van der Waals surface area contributed by atoms with Crippen LogP contribution in [0.25, 0.3) is 6.08 Å². The smallest absolute Gasteiger partial charge is 0.348 e. The minimum Gasteiger partial charge on any atom is -0.465 e. The number of carbonyl (C=O) groups excluding carboxylic acids is 1. The number of aryl methyl sites for hydroxylation is 1. The van der Waals surface area contributed by atoms with Gasteiger partial charge in [0.1, 0.15) is 11.6 Å². The lowest BCUT2D eigenvalue weighted by molar-refractivity contribution is -0.135. The van der Waals surface area contributed by atoms with Crippen LogP contribution >= 0.6 is 23.1 Å². The van der Waals surface area contributed by atoms with E-state index in [1.165, 1.54) is 36.3 Å². The van der Waals surface area contributed by atoms with Gasteiger partial charge in [0.25, 0.3) is 0 Å². The van der Waals surface area contributed by atoms with E-state index in [2.05, 4.69) is 20.3 Å². The fraction of sp³-hybridized carbons (Fsp3) is 0.250. The van der Waals surface area contributed by atoms with Gasteiger partial charge < -0.3 is 4.74 Å². The molecule has 0 aliphatic heterocycles. The maximum Gasteiger partial charge on any atom is 0.348 e. The van der Waals surface area contributed by atoms with Crippen molar-refractivity contribution in [1.29, 1.82) is 5.26 Å². The molecule has 0 saturated heterocycles. The molecular formula is C12H11N5O2S2. The molecule has 0 radical (unpaired) electrons. The highest BCUT2D eigenvalue weighted by Gasteiger charge is 2.10. The number of aromatic nitrogens is 4. The third kappa shape index (κ3) is 3.90. The molecule has 21 heavy (non-hydrogen) atoms. The van der Waals surface area contributed by atoms with E-state index >= 15 is 0 Å². The van der Waals surface area contributed by atoms with Gasteiger partial charge in [0, 0.05) is 17.7 Å². The number of ether oxygens (including phenoxy) is 1. The van der Waals surface area contributed by atoms with Gasteiger partial charge in [-0.3, -0.25) is 0 Å². The lowest BCUT2D eigenvalue weighted by Crippen LogP contribution is -2.02. The van der Waals surface area contributed by atoms with Crippen LogP contribution in [0.4, 0.5) is 0 Å². The van der Waals surface area contributed by atoms with Crippen LogP contribution in [0.3, 0.4) is 0 Å². The van der Waals surface area contributed by atoms with Crippen LogP contribution in [-0.4, -0.2) is 33.3 Å². The molecule has 0 saturated carbocycles. The fourth-order valence-electron chi connectivity index (χ4n) is 1.43. The lowest BCUT2D eigenvalue weighted by atomic mass is 10.2. The highest BCUT2D eigenvalue weighted by atomic mass is 32.2. The highest BCUT2D eigenvalue weighted by molar-refractivity contribution is 7.98. The molecule has 0 atom stereocenters. The Labute approximate surface area is 129 Å². The number of thiophene rings is 1. The first-order valence-corrected chi connectivity index (χ1v) is 7.63. The van der Waals surface area contributed by atoms with Crippen molar-refractivity contribution in [3.8, 4) is 6.07 Å². The monoisotopic (exact) mass is 321 g/mol. The third-order valence-electron chi connectivity index (χ3n) is 2.44. The number of methoxy groups -OCH3 is 1. The van der Waals surface area contributed by atoms with Gasteiger partial charge in [-0.25, -0.2) is 9.48 Å². The largest absolute Gasteiger partial charge is 0.465 e. The molecule has 2 aromatic rings. The number of esters is 1. The number of nitriles is 1. The molecule has 0 N–H and O–H groups in total. The van der Waals surface area contributed by atoms with Crippen LogP contribution in [0.15, 0.2) is 22.2 Å². The average Bonchev–Trinajstić information content (AvgIpc) is 3.10. The molecule has 0 fully saturated rings. The number of nitrogens with zero attached hydrogens (tertiary/aromatic N) is 5. The number of carbonyl (C=O) groups is 1. The number of thioether (sulfide) groups is 1. The van der Waals surface area contributed by atoms with Crippen molar-refractivity contribution in [3.63, 3.8) is 0 Å². The Morgan fingerprint density at radius 1 is 1.67 bits per heavy atom. The van der Waals surface area contributed by atoms with E-state index in [0.29, 0.717) is 5.75 Å². The van der Waals surface area contributed by atoms with E-state index in [1.807, 2.05) is 17.5 Å². The molecule has 2 heterocycles. The number of rotatable bonds is 5. The highest BCUT2D eigenvalue weighted by Crippen LogP contribution is 2.24. The van der Waals surface area contributed by atoms with Crippen molar-refractivity contribution < 1.29 is 9.53 Å². The second kappa shape index (κ2) is 7.01. The number of tetrazole rings is 1. The van der Waals surface area contributed by atoms with Crippen LogP contribution in [-0.2, 0) is 22.3 Å². The van der Waals surface area contributed by atoms with Crippen molar-refractivity contribution in [2.45, 2.75) is 10.9 Å². The van der Waals surface area contributed by atoms with Gasteiger partial charge in [0.05, 0.1) is 7.11 Å². The Morgan fingerprint density at radius 2 is 2.48 bits per heavy atom. The van der Waals surface area contributed by atoms with Gasteiger partial charge in [-0.2, -0.15) is 5.26 Å². The summed E-state index contributed by atoms with van der Waals surface area (Å²) in [4.78, 5) is 12.2. The van der Waals surface area contributed by atoms with Gasteiger partial charge in [-0.1, -0.05) is 11.8 Å². The molecule has 2 aromatic heterocycles. The molecule has 0 bridgehead atoms. The van der Waals surface area contributed by atoms with E-state index < -0.39 is 5.97 Å². The SMILES string of the molecule is COC(=O)/C(C#N)=C/c1cc(CSc2nnnn2C)cs1. The molecule has 0 unspecified atom stereocenters. The van der Waals surface area contributed by atoms with Crippen LogP contribution in [0.2, 0.25) is 0 Å². The molecule has 0 spiro atoms. The van der Waals surface area contributed by atoms with E-state index in [9.17, 15) is 4.79 Å². The number of hydrogen-bond donors (Lipinski definition) is 0. The van der Waals surface area contributed by atoms with Crippen LogP contribution < -0.4 is 0 Å². The Bertz CT molecular complexity index is 713. The van der Waals surface area contributed by atoms with E-state index in [4.69, 9.17) is 5.26 Å². The van der Waals surface area contributed by atoms with Crippen LogP contribution in [0, 0.1) is 11.3 Å². The summed E-state index contributed by atoms with van der Waals surface area (Å²) in [5.41, 5.74) is 1.05. The Balaban J connectivity index is 2.05. The zero-order chi connectivity index (χ0) is 15.2. The molecule has 108 valence electrons. The molecule has 0 amide bonds. The first-order chi connectivity index (χ1) is 10.1. The van der Waals surface area contributed by atoms with Gasteiger partial charge in [-0.05, 0) is 33.5 Å². The van der Waals surface area contributed by atoms with Crippen LogP contribution in [0.1, 0.15) is 10.4 Å². The van der Waals surface area contributed by atoms with Crippen molar-refractivity contribution in [1.82, 2.24) is 20.2 Å². The van der Waals surface area contributed by atoms with Crippen molar-refractivity contribution in [2.24, 2.45) is 7.05 Å². The van der Waals surface area contributed by atoms with Gasteiger partial charge >= 0.3 is 5.97 Å². The predicted octanol–water partition coefficient (Wildman–Crippen LogP) is 1.64. The minimum atomic E-state index is -0.632. The molecule has 0 aliphatic carbocycles. The molecule has 9 heteroatoms. The standard InChI is InChI=1S/C12H11N5O2S2/c1-17-12(14-15-16-17)21-7-8-3-10(20-6-8)4-9(5-13)11(18)19-2/h3-4,6H,7H2,1-2H3/b9-4+. The van der Waals surface area contributed by atoms with Crippen molar-refractivity contribution >= 4 is 35.1 Å². The average molecular weight is 321 g/mol.